The molecule has 0 heterocycles. The van der Waals surface area contributed by atoms with E-state index in [1.807, 2.05) is 0 Å². The summed E-state index contributed by atoms with van der Waals surface area (Å²) in [6, 6.07) is 10.6. The van der Waals surface area contributed by atoms with Crippen LogP contribution < -0.4 is 14.6 Å². The zero-order valence-electron chi connectivity index (χ0n) is 13.0. The van der Waals surface area contributed by atoms with Crippen molar-refractivity contribution in [3.63, 3.8) is 0 Å². The van der Waals surface area contributed by atoms with E-state index in [1.165, 1.54) is 25.3 Å². The number of nitrogens with one attached hydrogen (secondary N) is 1. The van der Waals surface area contributed by atoms with Crippen LogP contribution in [0.1, 0.15) is 5.56 Å². The average Bonchev–Trinajstić information content (AvgIpc) is 2.54. The molecule has 0 fully saturated rings. The summed E-state index contributed by atoms with van der Waals surface area (Å²) >= 11 is 5.92. The van der Waals surface area contributed by atoms with E-state index in [2.05, 4.69) is 4.72 Å². The third-order valence-corrected chi connectivity index (χ3v) is 5.34. The van der Waals surface area contributed by atoms with Crippen molar-refractivity contribution in [3.8, 4) is 5.75 Å². The Morgan fingerprint density at radius 2 is 1.76 bits per heavy atom. The molecule has 0 atom stereocenters. The largest absolute Gasteiger partial charge is 0.496 e. The van der Waals surface area contributed by atoms with Crippen LogP contribution in [0.3, 0.4) is 0 Å². The van der Waals surface area contributed by atoms with Crippen LogP contribution in [0.5, 0.6) is 5.75 Å². The molecule has 0 aliphatic rings. The molecule has 0 radical (unpaired) electrons. The first-order chi connectivity index (χ1) is 11.6. The van der Waals surface area contributed by atoms with Crippen LogP contribution in [0.4, 0.5) is 5.69 Å². The van der Waals surface area contributed by atoms with Gasteiger partial charge in [0.15, 0.2) is 0 Å². The maximum atomic E-state index is 12.3. The fourth-order valence-electron chi connectivity index (χ4n) is 1.98. The molecule has 3 N–H and O–H groups in total. The highest BCUT2D eigenvalue weighted by atomic mass is 35.5. The number of sulfonamides is 2. The Bertz CT molecular complexity index is 1020. The molecule has 2 aromatic carbocycles. The van der Waals surface area contributed by atoms with Gasteiger partial charge in [-0.05, 0) is 24.3 Å². The van der Waals surface area contributed by atoms with Crippen LogP contribution in [0.2, 0.25) is 5.02 Å². The molecule has 0 saturated heterocycles. The van der Waals surface area contributed by atoms with Gasteiger partial charge in [-0.15, -0.1) is 0 Å². The summed E-state index contributed by atoms with van der Waals surface area (Å²) in [5, 5.41) is 5.87. The Hall–Kier alpha value is -2.07. The van der Waals surface area contributed by atoms with Gasteiger partial charge in [0.05, 0.1) is 23.2 Å². The smallest absolute Gasteiger partial charge is 0.255 e. The fraction of sp³-hybridized carbons (Fsp3) is 0.0667. The topological polar surface area (TPSA) is 116 Å². The molecule has 10 heteroatoms. The standard InChI is InChI=1S/C15H15ClN2O5S2/c1-23-13-7-3-2-5-11(13)9-10-24(19,20)18-15-12(16)6-4-8-14(15)25(17,21)22/h2-10,18H,1H3,(H2,17,21,22). The number of nitrogens with two attached hydrogens (primary N) is 1. The van der Waals surface area contributed by atoms with Gasteiger partial charge >= 0.3 is 0 Å². The van der Waals surface area contributed by atoms with Crippen LogP contribution in [-0.4, -0.2) is 23.9 Å². The van der Waals surface area contributed by atoms with E-state index in [9.17, 15) is 16.8 Å². The highest BCUT2D eigenvalue weighted by Gasteiger charge is 2.20. The van der Waals surface area contributed by atoms with Crippen LogP contribution in [0.15, 0.2) is 52.8 Å². The molecule has 0 saturated carbocycles. The van der Waals surface area contributed by atoms with Gasteiger partial charge in [0.25, 0.3) is 10.0 Å². The van der Waals surface area contributed by atoms with Crippen LogP contribution in [0.25, 0.3) is 6.08 Å². The molecule has 0 unspecified atom stereocenters. The maximum Gasteiger partial charge on any atom is 0.255 e. The molecule has 0 spiro atoms. The van der Waals surface area contributed by atoms with Crippen molar-refractivity contribution >= 4 is 43.4 Å². The van der Waals surface area contributed by atoms with Crippen molar-refractivity contribution in [1.82, 2.24) is 0 Å². The number of ether oxygens (including phenoxy) is 1. The summed E-state index contributed by atoms with van der Waals surface area (Å²) in [5.41, 5.74) is 0.220. The lowest BCUT2D eigenvalue weighted by Gasteiger charge is -2.11. The molecule has 0 aliphatic carbocycles. The summed E-state index contributed by atoms with van der Waals surface area (Å²) in [4.78, 5) is -0.422. The second-order valence-electron chi connectivity index (χ2n) is 4.85. The van der Waals surface area contributed by atoms with Gasteiger partial charge in [0, 0.05) is 5.56 Å². The van der Waals surface area contributed by atoms with Gasteiger partial charge < -0.3 is 4.74 Å². The van der Waals surface area contributed by atoms with E-state index in [0.29, 0.717) is 11.3 Å². The Morgan fingerprint density at radius 1 is 1.08 bits per heavy atom. The molecule has 0 bridgehead atoms. The minimum Gasteiger partial charge on any atom is -0.496 e. The minimum absolute atomic E-state index is 0.0965. The monoisotopic (exact) mass is 402 g/mol. The van der Waals surface area contributed by atoms with Gasteiger partial charge in [-0.3, -0.25) is 4.72 Å². The molecule has 134 valence electrons. The predicted octanol–water partition coefficient (Wildman–Crippen LogP) is 2.41. The van der Waals surface area contributed by atoms with Crippen LogP contribution >= 0.6 is 11.6 Å². The zero-order valence-corrected chi connectivity index (χ0v) is 15.4. The van der Waals surface area contributed by atoms with E-state index >= 15 is 0 Å². The number of anilines is 1. The van der Waals surface area contributed by atoms with Gasteiger partial charge in [-0.2, -0.15) is 0 Å². The first-order valence-electron chi connectivity index (χ1n) is 6.79. The van der Waals surface area contributed by atoms with Crippen LogP contribution in [-0.2, 0) is 20.0 Å². The van der Waals surface area contributed by atoms with Crippen molar-refractivity contribution in [3.05, 3.63) is 58.5 Å². The lowest BCUT2D eigenvalue weighted by atomic mass is 10.2. The summed E-state index contributed by atoms with van der Waals surface area (Å²) in [6.45, 7) is 0. The number of methoxy groups -OCH3 is 1. The third-order valence-electron chi connectivity index (χ3n) is 3.09. The van der Waals surface area contributed by atoms with E-state index in [1.54, 1.807) is 24.3 Å². The predicted molar refractivity (Wildman–Crippen MR) is 97.4 cm³/mol. The second kappa shape index (κ2) is 7.44. The van der Waals surface area contributed by atoms with E-state index < -0.39 is 24.9 Å². The molecular weight excluding hydrogens is 388 g/mol. The zero-order chi connectivity index (χ0) is 18.7. The molecule has 7 nitrogen and oxygen atoms in total. The SMILES string of the molecule is COc1ccccc1C=CS(=O)(=O)Nc1c(Cl)cccc1S(N)(=O)=O. The number of hydrogen-bond donors (Lipinski definition) is 2. The second-order valence-corrected chi connectivity index (χ2v) is 8.35. The van der Waals surface area contributed by atoms with Crippen molar-refractivity contribution in [2.45, 2.75) is 4.90 Å². The van der Waals surface area contributed by atoms with E-state index in [-0.39, 0.29) is 10.7 Å². The van der Waals surface area contributed by atoms with Gasteiger partial charge in [0.1, 0.15) is 10.6 Å². The lowest BCUT2D eigenvalue weighted by molar-refractivity contribution is 0.414. The average molecular weight is 403 g/mol. The maximum absolute atomic E-state index is 12.3. The highest BCUT2D eigenvalue weighted by Crippen LogP contribution is 2.30. The van der Waals surface area contributed by atoms with Crippen molar-refractivity contribution in [2.24, 2.45) is 5.14 Å². The highest BCUT2D eigenvalue weighted by molar-refractivity contribution is 7.95. The number of para-hydroxylation sites is 2. The normalized spacial score (nSPS) is 12.3. The van der Waals surface area contributed by atoms with Crippen LogP contribution in [0, 0.1) is 0 Å². The molecule has 2 rings (SSSR count). The summed E-state index contributed by atoms with van der Waals surface area (Å²) < 4.78 is 55.0. The van der Waals surface area contributed by atoms with Gasteiger partial charge in [0.2, 0.25) is 10.0 Å². The number of primary sulfonamides is 1. The van der Waals surface area contributed by atoms with Gasteiger partial charge in [-0.1, -0.05) is 35.9 Å². The van der Waals surface area contributed by atoms with E-state index in [4.69, 9.17) is 21.5 Å². The molecule has 25 heavy (non-hydrogen) atoms. The fourth-order valence-corrected chi connectivity index (χ4v) is 3.99. The molecular formula is C15H15ClN2O5S2. The van der Waals surface area contributed by atoms with Gasteiger partial charge in [-0.25, -0.2) is 22.0 Å². The Morgan fingerprint density at radius 3 is 2.40 bits per heavy atom. The third kappa shape index (κ3) is 4.95. The molecule has 0 amide bonds. The van der Waals surface area contributed by atoms with Crippen molar-refractivity contribution in [1.29, 1.82) is 0 Å². The van der Waals surface area contributed by atoms with E-state index in [0.717, 1.165) is 11.5 Å². The first kappa shape index (κ1) is 19.3. The minimum atomic E-state index is -4.16. The number of halogens is 1. The quantitative estimate of drug-likeness (QED) is 0.769. The van der Waals surface area contributed by atoms with Crippen molar-refractivity contribution < 1.29 is 21.6 Å². The molecule has 2 aromatic rings. The molecule has 0 aromatic heterocycles. The Balaban J connectivity index is 2.39. The number of benzene rings is 2. The Labute approximate surface area is 151 Å². The lowest BCUT2D eigenvalue weighted by Crippen LogP contribution is -2.17. The number of hydrogen-bond acceptors (Lipinski definition) is 5. The molecule has 0 aliphatic heterocycles. The first-order valence-corrected chi connectivity index (χ1v) is 10.3. The summed E-state index contributed by atoms with van der Waals surface area (Å²) in [6.07, 6.45) is 1.31. The summed E-state index contributed by atoms with van der Waals surface area (Å²) in [5.74, 6) is 0.483. The van der Waals surface area contributed by atoms with Crippen molar-refractivity contribution in [2.75, 3.05) is 11.8 Å². The summed E-state index contributed by atoms with van der Waals surface area (Å²) in [7, 11) is -6.76. The Kier molecular flexibility index (Phi) is 5.73. The number of rotatable bonds is 6.